The molecular weight excluding hydrogens is 595 g/mol. The van der Waals surface area contributed by atoms with Crippen molar-refractivity contribution in [2.75, 3.05) is 6.61 Å². The van der Waals surface area contributed by atoms with Gasteiger partial charge in [-0.25, -0.2) is 0 Å². The number of ether oxygens (including phenoxy) is 1. The van der Waals surface area contributed by atoms with Gasteiger partial charge in [-0.05, 0) is 56.0 Å². The third-order valence-electron chi connectivity index (χ3n) is 7.81. The number of halogens is 1. The van der Waals surface area contributed by atoms with E-state index >= 15 is 0 Å². The van der Waals surface area contributed by atoms with E-state index in [1.54, 1.807) is 0 Å². The fourth-order valence-electron chi connectivity index (χ4n) is 5.85. The first-order valence-electron chi connectivity index (χ1n) is 13.0. The summed E-state index contributed by atoms with van der Waals surface area (Å²) in [6.45, 7) is 18.5. The molecule has 0 radical (unpaired) electrons. The highest BCUT2D eigenvalue weighted by Crippen LogP contribution is 2.48. The van der Waals surface area contributed by atoms with E-state index in [-0.39, 0.29) is 17.2 Å². The third-order valence-corrected chi connectivity index (χ3v) is 18.1. The minimum Gasteiger partial charge on any atom is -0.489 e. The van der Waals surface area contributed by atoms with Crippen LogP contribution in [0.2, 0.25) is 16.1 Å². The molecule has 7 heteroatoms. The number of fused-ring (bicyclic) bond motifs is 1. The van der Waals surface area contributed by atoms with Gasteiger partial charge in [0.15, 0.2) is 5.60 Å². The van der Waals surface area contributed by atoms with Crippen molar-refractivity contribution in [1.82, 2.24) is 0 Å². The Hall–Kier alpha value is -0.976. The first-order valence-corrected chi connectivity index (χ1v) is 18.0. The number of hydrogen-bond donors (Lipinski definition) is 0. The van der Waals surface area contributed by atoms with Crippen molar-refractivity contribution in [2.45, 2.75) is 89.3 Å². The zero-order valence-electron chi connectivity index (χ0n) is 22.9. The molecule has 2 aliphatic heterocycles. The molecular formula is C29H41IO4Si2. The second-order valence-corrected chi connectivity index (χ2v) is 21.8. The highest BCUT2D eigenvalue weighted by molar-refractivity contribution is 14.1. The molecule has 0 N–H and O–H groups in total. The minimum atomic E-state index is -2.80. The molecule has 1 fully saturated rings. The standard InChI is InChI=1S/C29H41IO4Si2/c1-21(2)36(22(3)4)32-20-29(8)27(34-36)26(25(30)19-31-29)33-35(28(5,6)7,23-15-11-9-12-16-23)24-17-13-10-14-18-24/h9-19,21-22,26-27H,20H2,1-8H3/t26-,27-,29+/m0/s1. The largest absolute Gasteiger partial charge is 0.489 e. The SMILES string of the molecule is CC(C)[Si]1(C(C)C)OC[C@@]2(C)OC=C(I)[C@H](O[Si](c3ccccc3)(c3ccccc3)C(C)(C)C)[C@@H]2O1. The van der Waals surface area contributed by atoms with E-state index in [1.165, 1.54) is 10.4 Å². The highest BCUT2D eigenvalue weighted by Gasteiger charge is 2.62. The zero-order valence-corrected chi connectivity index (χ0v) is 27.0. The van der Waals surface area contributed by atoms with Crippen LogP contribution in [0.4, 0.5) is 0 Å². The van der Waals surface area contributed by atoms with E-state index < -0.39 is 22.5 Å². The molecule has 2 aromatic rings. The number of rotatable bonds is 6. The van der Waals surface area contributed by atoms with E-state index in [0.29, 0.717) is 17.7 Å². The van der Waals surface area contributed by atoms with Gasteiger partial charge in [-0.3, -0.25) is 0 Å². The fraction of sp³-hybridized carbons (Fsp3) is 0.517. The van der Waals surface area contributed by atoms with Gasteiger partial charge in [-0.1, -0.05) is 109 Å². The normalized spacial score (nSPS) is 26.4. The lowest BCUT2D eigenvalue weighted by atomic mass is 9.93. The lowest BCUT2D eigenvalue weighted by Gasteiger charge is -2.56. The van der Waals surface area contributed by atoms with Gasteiger partial charge in [-0.15, -0.1) is 0 Å². The maximum absolute atomic E-state index is 7.64. The highest BCUT2D eigenvalue weighted by atomic mass is 127. The predicted molar refractivity (Wildman–Crippen MR) is 161 cm³/mol. The van der Waals surface area contributed by atoms with Gasteiger partial charge in [0.1, 0.15) is 12.2 Å². The van der Waals surface area contributed by atoms with Gasteiger partial charge in [0.25, 0.3) is 8.32 Å². The number of hydrogen-bond acceptors (Lipinski definition) is 4. The lowest BCUT2D eigenvalue weighted by Crippen LogP contribution is -2.73. The van der Waals surface area contributed by atoms with Crippen molar-refractivity contribution in [3.05, 3.63) is 70.5 Å². The molecule has 2 aliphatic rings. The second kappa shape index (κ2) is 10.3. The second-order valence-electron chi connectivity index (χ2n) is 12.0. The zero-order chi connectivity index (χ0) is 26.4. The molecule has 196 valence electrons. The minimum absolute atomic E-state index is 0.128. The molecule has 0 unspecified atom stereocenters. The Labute approximate surface area is 233 Å². The molecule has 36 heavy (non-hydrogen) atoms. The fourth-order valence-corrected chi connectivity index (χ4v) is 15.2. The number of benzene rings is 2. The van der Waals surface area contributed by atoms with Crippen molar-refractivity contribution < 1.29 is 18.0 Å². The molecule has 3 atom stereocenters. The molecule has 2 heterocycles. The van der Waals surface area contributed by atoms with E-state index in [9.17, 15) is 0 Å². The molecule has 2 aromatic carbocycles. The van der Waals surface area contributed by atoms with Gasteiger partial charge in [0.05, 0.1) is 16.4 Å². The Balaban J connectivity index is 1.89. The Morgan fingerprint density at radius 1 is 0.944 bits per heavy atom. The van der Waals surface area contributed by atoms with E-state index in [1.807, 2.05) is 6.26 Å². The summed E-state index contributed by atoms with van der Waals surface area (Å²) in [7, 11) is -5.31. The first-order chi connectivity index (χ1) is 16.9. The van der Waals surface area contributed by atoms with Crippen LogP contribution in [0.1, 0.15) is 55.4 Å². The van der Waals surface area contributed by atoms with Crippen LogP contribution < -0.4 is 10.4 Å². The van der Waals surface area contributed by atoms with Crippen molar-refractivity contribution >= 4 is 49.8 Å². The van der Waals surface area contributed by atoms with Crippen molar-refractivity contribution in [2.24, 2.45) is 0 Å². The maximum Gasteiger partial charge on any atom is 0.344 e. The molecule has 4 rings (SSSR count). The van der Waals surface area contributed by atoms with Crippen LogP contribution in [0.5, 0.6) is 0 Å². The summed E-state index contributed by atoms with van der Waals surface area (Å²) < 4.78 is 28.8. The van der Waals surface area contributed by atoms with Crippen LogP contribution in [-0.2, 0) is 18.0 Å². The molecule has 0 aliphatic carbocycles. The van der Waals surface area contributed by atoms with Crippen molar-refractivity contribution in [3.63, 3.8) is 0 Å². The molecule has 4 nitrogen and oxygen atoms in total. The van der Waals surface area contributed by atoms with Gasteiger partial charge < -0.3 is 18.0 Å². The molecule has 0 amide bonds. The van der Waals surface area contributed by atoms with Crippen molar-refractivity contribution in [3.8, 4) is 0 Å². The molecule has 0 spiro atoms. The molecule has 0 aromatic heterocycles. The van der Waals surface area contributed by atoms with E-state index in [4.69, 9.17) is 18.0 Å². The van der Waals surface area contributed by atoms with Gasteiger partial charge in [-0.2, -0.15) is 0 Å². The Morgan fingerprint density at radius 3 is 1.89 bits per heavy atom. The average molecular weight is 637 g/mol. The first kappa shape index (κ1) is 28.0. The van der Waals surface area contributed by atoms with Crippen LogP contribution >= 0.6 is 22.6 Å². The summed E-state index contributed by atoms with van der Waals surface area (Å²) in [6.07, 6.45) is 1.37. The Morgan fingerprint density at radius 2 is 1.44 bits per heavy atom. The quantitative estimate of drug-likeness (QED) is 0.262. The summed E-state index contributed by atoms with van der Waals surface area (Å²) >= 11 is 2.40. The Kier molecular flexibility index (Phi) is 8.02. The molecule has 0 saturated carbocycles. The summed E-state index contributed by atoms with van der Waals surface area (Å²) in [5.41, 5.74) is 0.0311. The van der Waals surface area contributed by atoms with Crippen molar-refractivity contribution in [1.29, 1.82) is 0 Å². The summed E-state index contributed by atoms with van der Waals surface area (Å²) in [4.78, 5) is 0. The summed E-state index contributed by atoms with van der Waals surface area (Å²) in [6, 6.07) is 21.6. The smallest absolute Gasteiger partial charge is 0.344 e. The van der Waals surface area contributed by atoms with Crippen LogP contribution in [0.3, 0.4) is 0 Å². The van der Waals surface area contributed by atoms with Crippen LogP contribution in [-0.4, -0.2) is 41.3 Å². The molecule has 0 bridgehead atoms. The molecule has 1 saturated heterocycles. The predicted octanol–water partition coefficient (Wildman–Crippen LogP) is 6.67. The van der Waals surface area contributed by atoms with Gasteiger partial charge >= 0.3 is 8.56 Å². The average Bonchev–Trinajstić information content (AvgIpc) is 2.84. The maximum atomic E-state index is 7.64. The summed E-state index contributed by atoms with van der Waals surface area (Å²) in [5, 5.41) is 2.41. The topological polar surface area (TPSA) is 36.9 Å². The van der Waals surface area contributed by atoms with Gasteiger partial charge in [0.2, 0.25) is 0 Å². The lowest BCUT2D eigenvalue weighted by molar-refractivity contribution is -0.170. The van der Waals surface area contributed by atoms with E-state index in [2.05, 4.69) is 139 Å². The Bertz CT molecular complexity index is 1020. The van der Waals surface area contributed by atoms with Gasteiger partial charge in [0, 0.05) is 0 Å². The third kappa shape index (κ3) is 4.68. The van der Waals surface area contributed by atoms with Crippen LogP contribution in [0.15, 0.2) is 70.5 Å². The van der Waals surface area contributed by atoms with E-state index in [0.717, 1.165) is 3.58 Å². The monoisotopic (exact) mass is 636 g/mol. The van der Waals surface area contributed by atoms with Crippen LogP contribution in [0, 0.1) is 0 Å². The summed E-state index contributed by atoms with van der Waals surface area (Å²) in [5.74, 6) is 0. The van der Waals surface area contributed by atoms with Crippen LogP contribution in [0.25, 0.3) is 0 Å².